The third-order valence-electron chi connectivity index (χ3n) is 8.32. The van der Waals surface area contributed by atoms with Gasteiger partial charge >= 0.3 is 0 Å². The van der Waals surface area contributed by atoms with Gasteiger partial charge in [-0.1, -0.05) is 103 Å². The Morgan fingerprint density at radius 3 is 1.60 bits per heavy atom. The second kappa shape index (κ2) is 8.88. The van der Waals surface area contributed by atoms with Crippen LogP contribution in [0, 0.1) is 0 Å². The minimum Gasteiger partial charge on any atom is -0.309 e. The van der Waals surface area contributed by atoms with E-state index in [0.717, 1.165) is 38.9 Å². The van der Waals surface area contributed by atoms with Crippen LogP contribution in [-0.4, -0.2) is 19.1 Å². The van der Waals surface area contributed by atoms with Crippen LogP contribution in [0.25, 0.3) is 77.4 Å². The highest BCUT2D eigenvalue weighted by molar-refractivity contribution is 6.28. The van der Waals surface area contributed by atoms with Gasteiger partial charge in [0.2, 0.25) is 5.95 Å². The van der Waals surface area contributed by atoms with Gasteiger partial charge in [0, 0.05) is 38.2 Å². The number of fused-ring (bicyclic) bond motifs is 8. The predicted octanol–water partition coefficient (Wildman–Crippen LogP) is 9.49. The molecule has 0 saturated carbocycles. The van der Waals surface area contributed by atoms with Crippen molar-refractivity contribution in [3.8, 4) is 22.9 Å². The minimum absolute atomic E-state index is 0.671. The molecule has 0 bridgehead atoms. The third kappa shape index (κ3) is 3.23. The molecule has 0 fully saturated rings. The second-order valence-corrected chi connectivity index (χ2v) is 10.6. The van der Waals surface area contributed by atoms with Crippen LogP contribution >= 0.6 is 0 Å². The van der Waals surface area contributed by atoms with E-state index in [1.54, 1.807) is 0 Å². The molecule has 0 aliphatic heterocycles. The molecule has 6 aromatic carbocycles. The van der Waals surface area contributed by atoms with E-state index in [1.807, 2.05) is 12.1 Å². The lowest BCUT2D eigenvalue weighted by Crippen LogP contribution is -2.03. The summed E-state index contributed by atoms with van der Waals surface area (Å²) in [6.45, 7) is 0. The molecule has 9 rings (SSSR count). The quantitative estimate of drug-likeness (QED) is 0.225. The second-order valence-electron chi connectivity index (χ2n) is 10.6. The maximum atomic E-state index is 5.26. The van der Waals surface area contributed by atoms with Crippen LogP contribution in [0.2, 0.25) is 0 Å². The first-order chi connectivity index (χ1) is 20.9. The van der Waals surface area contributed by atoms with Gasteiger partial charge in [-0.15, -0.1) is 0 Å². The predicted molar refractivity (Wildman–Crippen MR) is 174 cm³/mol. The standard InChI is InChI=1S/C38H24N4/c1-3-13-25(14-4-1)37-27-17-7-10-20-30(27)39-38(40-37)42-32-22-12-9-19-29(32)36-34(42)24-23-33-35(36)28-18-8-11-21-31(28)41(33)26-15-5-2-6-16-26/h1-24H. The largest absolute Gasteiger partial charge is 0.309 e. The van der Waals surface area contributed by atoms with Gasteiger partial charge in [-0.3, -0.25) is 4.57 Å². The molecule has 196 valence electrons. The fourth-order valence-electron chi connectivity index (χ4n) is 6.57. The number of benzene rings is 6. The fourth-order valence-corrected chi connectivity index (χ4v) is 6.57. The average molecular weight is 537 g/mol. The summed E-state index contributed by atoms with van der Waals surface area (Å²) in [7, 11) is 0. The Morgan fingerprint density at radius 1 is 0.381 bits per heavy atom. The van der Waals surface area contributed by atoms with Gasteiger partial charge in [-0.25, -0.2) is 9.97 Å². The van der Waals surface area contributed by atoms with Gasteiger partial charge in [0.1, 0.15) is 0 Å². The van der Waals surface area contributed by atoms with Crippen molar-refractivity contribution >= 4 is 54.5 Å². The summed E-state index contributed by atoms with van der Waals surface area (Å²) in [6.07, 6.45) is 0. The van der Waals surface area contributed by atoms with Crippen LogP contribution in [-0.2, 0) is 0 Å². The fraction of sp³-hybridized carbons (Fsp3) is 0. The van der Waals surface area contributed by atoms with Crippen molar-refractivity contribution < 1.29 is 0 Å². The van der Waals surface area contributed by atoms with Gasteiger partial charge in [0.05, 0.1) is 33.3 Å². The van der Waals surface area contributed by atoms with Gasteiger partial charge in [-0.2, -0.15) is 0 Å². The van der Waals surface area contributed by atoms with E-state index in [2.05, 4.69) is 143 Å². The van der Waals surface area contributed by atoms with E-state index in [9.17, 15) is 0 Å². The SMILES string of the molecule is c1ccc(-c2nc(-n3c4ccccc4c4c5c6ccccc6n(-c6ccccc6)c5ccc43)nc3ccccc23)cc1. The molecular weight excluding hydrogens is 512 g/mol. The summed E-state index contributed by atoms with van der Waals surface area (Å²) in [6, 6.07) is 51.1. The molecular formula is C38H24N4. The van der Waals surface area contributed by atoms with Crippen molar-refractivity contribution in [3.05, 3.63) is 146 Å². The monoisotopic (exact) mass is 536 g/mol. The lowest BCUT2D eigenvalue weighted by molar-refractivity contribution is 1.01. The molecule has 0 amide bonds. The molecule has 0 aliphatic carbocycles. The number of nitrogens with zero attached hydrogens (tertiary/aromatic N) is 4. The molecule has 0 unspecified atom stereocenters. The normalized spacial score (nSPS) is 11.8. The van der Waals surface area contributed by atoms with Crippen molar-refractivity contribution in [3.63, 3.8) is 0 Å². The Labute approximate surface area is 241 Å². The van der Waals surface area contributed by atoms with E-state index in [4.69, 9.17) is 9.97 Å². The summed E-state index contributed by atoms with van der Waals surface area (Å²) in [5.74, 6) is 0.671. The summed E-state index contributed by atoms with van der Waals surface area (Å²) < 4.78 is 4.61. The highest BCUT2D eigenvalue weighted by Gasteiger charge is 2.22. The zero-order valence-electron chi connectivity index (χ0n) is 22.6. The van der Waals surface area contributed by atoms with E-state index >= 15 is 0 Å². The summed E-state index contributed by atoms with van der Waals surface area (Å²) >= 11 is 0. The highest BCUT2D eigenvalue weighted by atomic mass is 15.2. The number of aromatic nitrogens is 4. The highest BCUT2D eigenvalue weighted by Crippen LogP contribution is 2.42. The van der Waals surface area contributed by atoms with Crippen molar-refractivity contribution in [1.82, 2.24) is 19.1 Å². The van der Waals surface area contributed by atoms with Crippen molar-refractivity contribution in [2.24, 2.45) is 0 Å². The molecule has 42 heavy (non-hydrogen) atoms. The van der Waals surface area contributed by atoms with Crippen LogP contribution in [0.4, 0.5) is 0 Å². The Bertz CT molecular complexity index is 2450. The zero-order valence-corrected chi connectivity index (χ0v) is 22.6. The molecule has 3 aromatic heterocycles. The number of hydrogen-bond acceptors (Lipinski definition) is 2. The molecule has 9 aromatic rings. The molecule has 4 heteroatoms. The molecule has 0 spiro atoms. The van der Waals surface area contributed by atoms with Gasteiger partial charge in [0.25, 0.3) is 0 Å². The van der Waals surface area contributed by atoms with Crippen LogP contribution in [0.3, 0.4) is 0 Å². The minimum atomic E-state index is 0.671. The summed E-state index contributed by atoms with van der Waals surface area (Å²) in [4.78, 5) is 10.4. The molecule has 0 radical (unpaired) electrons. The van der Waals surface area contributed by atoms with Crippen LogP contribution in [0.15, 0.2) is 146 Å². The number of para-hydroxylation sites is 4. The first kappa shape index (κ1) is 23.0. The third-order valence-corrected chi connectivity index (χ3v) is 8.32. The lowest BCUT2D eigenvalue weighted by Gasteiger charge is -2.12. The maximum Gasteiger partial charge on any atom is 0.235 e. The molecule has 0 N–H and O–H groups in total. The smallest absolute Gasteiger partial charge is 0.235 e. The van der Waals surface area contributed by atoms with Gasteiger partial charge < -0.3 is 4.57 Å². The zero-order chi connectivity index (χ0) is 27.6. The van der Waals surface area contributed by atoms with Crippen LogP contribution < -0.4 is 0 Å². The molecule has 3 heterocycles. The lowest BCUT2D eigenvalue weighted by atomic mass is 10.1. The average Bonchev–Trinajstić information content (AvgIpc) is 3.58. The molecule has 0 atom stereocenters. The maximum absolute atomic E-state index is 5.26. The topological polar surface area (TPSA) is 35.6 Å². The van der Waals surface area contributed by atoms with Crippen LogP contribution in [0.5, 0.6) is 0 Å². The van der Waals surface area contributed by atoms with Crippen LogP contribution in [0.1, 0.15) is 0 Å². The summed E-state index contributed by atoms with van der Waals surface area (Å²) in [5, 5.41) is 5.92. The first-order valence-electron chi connectivity index (χ1n) is 14.2. The Balaban J connectivity index is 1.44. The Morgan fingerprint density at radius 2 is 0.905 bits per heavy atom. The van der Waals surface area contributed by atoms with Gasteiger partial charge in [0.15, 0.2) is 0 Å². The molecule has 0 aliphatic rings. The molecule has 4 nitrogen and oxygen atoms in total. The van der Waals surface area contributed by atoms with E-state index in [-0.39, 0.29) is 0 Å². The number of hydrogen-bond donors (Lipinski definition) is 0. The Hall–Kier alpha value is -5.74. The van der Waals surface area contributed by atoms with E-state index in [1.165, 1.54) is 32.6 Å². The van der Waals surface area contributed by atoms with E-state index in [0.29, 0.717) is 5.95 Å². The van der Waals surface area contributed by atoms with E-state index < -0.39 is 0 Å². The first-order valence-corrected chi connectivity index (χ1v) is 14.2. The summed E-state index contributed by atoms with van der Waals surface area (Å²) in [5.41, 5.74) is 8.64. The van der Waals surface area contributed by atoms with Crippen molar-refractivity contribution in [2.75, 3.05) is 0 Å². The van der Waals surface area contributed by atoms with Crippen molar-refractivity contribution in [1.29, 1.82) is 0 Å². The Kier molecular flexibility index (Phi) is 4.87. The molecule has 0 saturated heterocycles. The van der Waals surface area contributed by atoms with Crippen molar-refractivity contribution in [2.45, 2.75) is 0 Å². The van der Waals surface area contributed by atoms with Gasteiger partial charge in [-0.05, 0) is 42.5 Å². The number of rotatable bonds is 3.